The largest absolute Gasteiger partial charge is 0.494 e. The molecule has 8 heteroatoms. The Morgan fingerprint density at radius 2 is 1.21 bits per heavy atom. The zero-order valence-corrected chi connectivity index (χ0v) is 14.5. The van der Waals surface area contributed by atoms with E-state index in [0.29, 0.717) is 11.5 Å². The van der Waals surface area contributed by atoms with Gasteiger partial charge >= 0.3 is 0 Å². The number of nitrogens with zero attached hydrogens (tertiary/aromatic N) is 4. The Morgan fingerprint density at radius 3 is 1.62 bits per heavy atom. The summed E-state index contributed by atoms with van der Waals surface area (Å²) in [5.74, 6) is 1.41. The first-order chi connectivity index (χ1) is 11.8. The van der Waals surface area contributed by atoms with Crippen LogP contribution in [0.2, 0.25) is 0 Å². The van der Waals surface area contributed by atoms with Crippen molar-refractivity contribution < 1.29 is 9.47 Å². The molecule has 0 fully saturated rings. The molecule has 6 nitrogen and oxygen atoms in total. The first kappa shape index (κ1) is 15.0. The van der Waals surface area contributed by atoms with E-state index in [1.165, 1.54) is 22.7 Å². The fourth-order valence-corrected chi connectivity index (χ4v) is 4.41. The molecule has 0 spiro atoms. The van der Waals surface area contributed by atoms with E-state index < -0.39 is 0 Å². The lowest BCUT2D eigenvalue weighted by atomic mass is 10.2. The molecular weight excluding hydrogens is 344 g/mol. The summed E-state index contributed by atoms with van der Waals surface area (Å²) in [5.41, 5.74) is 1.84. The van der Waals surface area contributed by atoms with Crippen LogP contribution in [-0.4, -0.2) is 34.2 Å². The van der Waals surface area contributed by atoms with Gasteiger partial charge in [0.25, 0.3) is 0 Å². The highest BCUT2D eigenvalue weighted by Gasteiger charge is 2.17. The molecule has 0 amide bonds. The molecule has 4 rings (SSSR count). The molecule has 0 unspecified atom stereocenters. The third kappa shape index (κ3) is 2.49. The van der Waals surface area contributed by atoms with Crippen molar-refractivity contribution >= 4 is 32.3 Å². The standard InChI is InChI=1S/C16H12N4O2S2/c1-21-11-7-17-5-3-9(11)13-19-15-16(23-13)20-14(24-15)10-4-6-18-8-12(10)22-2/h3-8H,1-2H3. The molecule has 4 aromatic heterocycles. The van der Waals surface area contributed by atoms with Gasteiger partial charge < -0.3 is 9.47 Å². The molecule has 0 atom stereocenters. The van der Waals surface area contributed by atoms with E-state index in [0.717, 1.165) is 30.8 Å². The fraction of sp³-hybridized carbons (Fsp3) is 0.125. The Bertz CT molecular complexity index is 904. The average Bonchev–Trinajstić information content (AvgIpc) is 3.20. The van der Waals surface area contributed by atoms with Crippen molar-refractivity contribution in [3.63, 3.8) is 0 Å². The van der Waals surface area contributed by atoms with Crippen molar-refractivity contribution in [1.29, 1.82) is 0 Å². The molecule has 0 saturated carbocycles. The monoisotopic (exact) mass is 356 g/mol. The molecule has 0 aliphatic rings. The van der Waals surface area contributed by atoms with Crippen LogP contribution in [0.25, 0.3) is 30.8 Å². The number of thiazole rings is 2. The maximum absolute atomic E-state index is 5.36. The van der Waals surface area contributed by atoms with Crippen molar-refractivity contribution in [1.82, 2.24) is 19.9 Å². The summed E-state index contributed by atoms with van der Waals surface area (Å²) in [5, 5.41) is 1.74. The van der Waals surface area contributed by atoms with Crippen LogP contribution < -0.4 is 9.47 Å². The fourth-order valence-electron chi connectivity index (χ4n) is 2.31. The van der Waals surface area contributed by atoms with Gasteiger partial charge in [-0.2, -0.15) is 0 Å². The van der Waals surface area contributed by atoms with E-state index >= 15 is 0 Å². The molecule has 0 bridgehead atoms. The lowest BCUT2D eigenvalue weighted by molar-refractivity contribution is 0.414. The number of hydrogen-bond acceptors (Lipinski definition) is 8. The second-order valence-electron chi connectivity index (χ2n) is 4.80. The quantitative estimate of drug-likeness (QED) is 0.552. The van der Waals surface area contributed by atoms with Crippen LogP contribution in [0, 0.1) is 0 Å². The second-order valence-corrected chi connectivity index (χ2v) is 6.76. The predicted octanol–water partition coefficient (Wildman–Crippen LogP) is 3.89. The van der Waals surface area contributed by atoms with Gasteiger partial charge in [-0.3, -0.25) is 9.97 Å². The van der Waals surface area contributed by atoms with Gasteiger partial charge in [0.05, 0.1) is 37.7 Å². The van der Waals surface area contributed by atoms with Gasteiger partial charge in [0.2, 0.25) is 0 Å². The number of aromatic nitrogens is 4. The Morgan fingerprint density at radius 1 is 0.750 bits per heavy atom. The minimum absolute atomic E-state index is 0.704. The summed E-state index contributed by atoms with van der Waals surface area (Å²) in [4.78, 5) is 19.3. The number of fused-ring (bicyclic) bond motifs is 1. The van der Waals surface area contributed by atoms with Crippen LogP contribution in [0.4, 0.5) is 0 Å². The maximum Gasteiger partial charge on any atom is 0.155 e. The van der Waals surface area contributed by atoms with Crippen LogP contribution in [0.15, 0.2) is 36.9 Å². The molecule has 0 saturated heterocycles. The lowest BCUT2D eigenvalue weighted by Gasteiger charge is -2.04. The van der Waals surface area contributed by atoms with Gasteiger partial charge in [0.15, 0.2) is 9.66 Å². The highest BCUT2D eigenvalue weighted by Crippen LogP contribution is 2.40. The van der Waals surface area contributed by atoms with Crippen molar-refractivity contribution in [3.05, 3.63) is 36.9 Å². The number of ether oxygens (including phenoxy) is 2. The minimum Gasteiger partial charge on any atom is -0.494 e. The van der Waals surface area contributed by atoms with E-state index in [9.17, 15) is 0 Å². The summed E-state index contributed by atoms with van der Waals surface area (Å²) >= 11 is 3.07. The van der Waals surface area contributed by atoms with Gasteiger partial charge in [-0.1, -0.05) is 22.7 Å². The van der Waals surface area contributed by atoms with Crippen LogP contribution in [0.1, 0.15) is 0 Å². The molecule has 0 N–H and O–H groups in total. The molecule has 0 aliphatic carbocycles. The van der Waals surface area contributed by atoms with E-state index in [4.69, 9.17) is 19.4 Å². The number of hydrogen-bond donors (Lipinski definition) is 0. The number of pyridine rings is 2. The van der Waals surface area contributed by atoms with Gasteiger partial charge in [0, 0.05) is 12.4 Å². The summed E-state index contributed by atoms with van der Waals surface area (Å²) in [6.45, 7) is 0. The third-order valence-corrected chi connectivity index (χ3v) is 5.54. The van der Waals surface area contributed by atoms with Crippen molar-refractivity contribution in [2.45, 2.75) is 0 Å². The summed E-state index contributed by atoms with van der Waals surface area (Å²) in [6.07, 6.45) is 6.83. The first-order valence-corrected chi connectivity index (χ1v) is 8.67. The molecule has 0 aliphatic heterocycles. The Kier molecular flexibility index (Phi) is 3.83. The van der Waals surface area contributed by atoms with Gasteiger partial charge in [-0.15, -0.1) is 0 Å². The van der Waals surface area contributed by atoms with E-state index in [1.807, 2.05) is 12.1 Å². The number of rotatable bonds is 4. The number of methoxy groups -OCH3 is 2. The normalized spacial score (nSPS) is 10.9. The molecule has 120 valence electrons. The zero-order chi connectivity index (χ0) is 16.5. The van der Waals surface area contributed by atoms with Crippen molar-refractivity contribution in [3.8, 4) is 32.6 Å². The van der Waals surface area contributed by atoms with Crippen molar-refractivity contribution in [2.24, 2.45) is 0 Å². The average molecular weight is 356 g/mol. The van der Waals surface area contributed by atoms with Crippen LogP contribution in [-0.2, 0) is 0 Å². The molecule has 4 heterocycles. The van der Waals surface area contributed by atoms with Gasteiger partial charge in [0.1, 0.15) is 21.5 Å². The van der Waals surface area contributed by atoms with Crippen LogP contribution >= 0.6 is 22.7 Å². The van der Waals surface area contributed by atoms with Crippen LogP contribution in [0.3, 0.4) is 0 Å². The van der Waals surface area contributed by atoms with E-state index in [1.54, 1.807) is 39.0 Å². The van der Waals surface area contributed by atoms with E-state index in [2.05, 4.69) is 9.97 Å². The van der Waals surface area contributed by atoms with Gasteiger partial charge in [-0.05, 0) is 12.1 Å². The topological polar surface area (TPSA) is 70.0 Å². The van der Waals surface area contributed by atoms with Gasteiger partial charge in [-0.25, -0.2) is 9.97 Å². The Labute approximate surface area is 145 Å². The maximum atomic E-state index is 5.36. The third-order valence-electron chi connectivity index (χ3n) is 3.45. The van der Waals surface area contributed by atoms with Crippen molar-refractivity contribution in [2.75, 3.05) is 14.2 Å². The van der Waals surface area contributed by atoms with Crippen LogP contribution in [0.5, 0.6) is 11.5 Å². The second kappa shape index (κ2) is 6.14. The predicted molar refractivity (Wildman–Crippen MR) is 94.9 cm³/mol. The zero-order valence-electron chi connectivity index (χ0n) is 12.9. The lowest BCUT2D eigenvalue weighted by Crippen LogP contribution is -1.88. The highest BCUT2D eigenvalue weighted by molar-refractivity contribution is 7.29. The first-order valence-electron chi connectivity index (χ1n) is 7.04. The molecule has 4 aromatic rings. The SMILES string of the molecule is COc1cnccc1-c1nc2sc(-c3ccncc3OC)nc2s1. The molecular formula is C16H12N4O2S2. The summed E-state index contributed by atoms with van der Waals surface area (Å²) < 4.78 is 10.7. The molecule has 0 aromatic carbocycles. The Balaban J connectivity index is 1.78. The summed E-state index contributed by atoms with van der Waals surface area (Å²) in [7, 11) is 3.26. The minimum atomic E-state index is 0.704. The molecule has 0 radical (unpaired) electrons. The molecule has 24 heavy (non-hydrogen) atoms. The highest BCUT2D eigenvalue weighted by atomic mass is 32.1. The van der Waals surface area contributed by atoms with E-state index in [-0.39, 0.29) is 0 Å². The Hall–Kier alpha value is -2.58. The summed E-state index contributed by atoms with van der Waals surface area (Å²) in [6, 6.07) is 3.79. The smallest absolute Gasteiger partial charge is 0.155 e.